The molecule has 5 rings (SSSR count). The third-order valence-electron chi connectivity index (χ3n) is 7.02. The van der Waals surface area contributed by atoms with E-state index in [2.05, 4.69) is 38.5 Å². The highest BCUT2D eigenvalue weighted by atomic mass is 16.5. The summed E-state index contributed by atoms with van der Waals surface area (Å²) in [6.07, 6.45) is 8.44. The number of benzene rings is 1. The number of nitrogens with one attached hydrogen (secondary N) is 2. The molecule has 9 heteroatoms. The zero-order valence-corrected chi connectivity index (χ0v) is 20.6. The summed E-state index contributed by atoms with van der Waals surface area (Å²) in [5.41, 5.74) is 4.23. The van der Waals surface area contributed by atoms with Gasteiger partial charge in [-0.3, -0.25) is 9.69 Å². The molecule has 2 aromatic heterocycles. The van der Waals surface area contributed by atoms with Crippen LogP contribution in [0.3, 0.4) is 0 Å². The Morgan fingerprint density at radius 3 is 3.00 bits per heavy atom. The van der Waals surface area contributed by atoms with Crippen molar-refractivity contribution >= 4 is 11.7 Å². The minimum Gasteiger partial charge on any atom is -0.485 e. The zero-order valence-electron chi connectivity index (χ0n) is 20.6. The van der Waals surface area contributed by atoms with Crippen molar-refractivity contribution in [1.29, 1.82) is 0 Å². The topological polar surface area (TPSA) is 113 Å². The fourth-order valence-electron chi connectivity index (χ4n) is 4.74. The van der Waals surface area contributed by atoms with Crippen LogP contribution in [0, 0.1) is 6.92 Å². The maximum atomic E-state index is 12.6. The molecule has 190 valence electrons. The first-order valence-electron chi connectivity index (χ1n) is 12.6. The number of β-amino-alcohol motifs (C(OH)–C–C–N with tert-alkyl or cyclic N) is 1. The minimum absolute atomic E-state index is 0.198. The van der Waals surface area contributed by atoms with Crippen molar-refractivity contribution < 1.29 is 19.1 Å². The summed E-state index contributed by atoms with van der Waals surface area (Å²) in [7, 11) is 0. The molecule has 0 saturated heterocycles. The van der Waals surface area contributed by atoms with Crippen molar-refractivity contribution in [3.05, 3.63) is 71.1 Å². The van der Waals surface area contributed by atoms with E-state index < -0.39 is 6.10 Å². The second-order valence-corrected chi connectivity index (χ2v) is 9.63. The van der Waals surface area contributed by atoms with Crippen LogP contribution in [0.5, 0.6) is 5.75 Å². The Balaban J connectivity index is 1.10. The number of carbonyl (C=O) groups is 1. The molecule has 0 spiro atoms. The number of anilines is 1. The van der Waals surface area contributed by atoms with E-state index in [1.165, 1.54) is 23.9 Å². The normalized spacial score (nSPS) is 16.6. The van der Waals surface area contributed by atoms with Gasteiger partial charge >= 0.3 is 0 Å². The van der Waals surface area contributed by atoms with Gasteiger partial charge in [-0.2, -0.15) is 0 Å². The third-order valence-corrected chi connectivity index (χ3v) is 7.02. The zero-order chi connectivity index (χ0) is 24.9. The summed E-state index contributed by atoms with van der Waals surface area (Å²) in [6, 6.07) is 8.01. The van der Waals surface area contributed by atoms with Crippen LogP contribution in [0.25, 0.3) is 0 Å². The molecule has 2 aliphatic rings. The number of aliphatic hydroxyl groups excluding tert-OH is 1. The van der Waals surface area contributed by atoms with Gasteiger partial charge in [0.05, 0.1) is 12.3 Å². The van der Waals surface area contributed by atoms with Crippen LogP contribution in [0.2, 0.25) is 0 Å². The van der Waals surface area contributed by atoms with Gasteiger partial charge in [0.15, 0.2) is 12.2 Å². The Morgan fingerprint density at radius 2 is 2.22 bits per heavy atom. The average molecular weight is 492 g/mol. The van der Waals surface area contributed by atoms with Gasteiger partial charge in [0.25, 0.3) is 5.91 Å². The maximum Gasteiger partial charge on any atom is 0.251 e. The van der Waals surface area contributed by atoms with Gasteiger partial charge < -0.3 is 24.9 Å². The van der Waals surface area contributed by atoms with E-state index in [0.29, 0.717) is 30.5 Å². The molecule has 1 aliphatic carbocycles. The first-order chi connectivity index (χ1) is 17.5. The molecular weight excluding hydrogens is 458 g/mol. The summed E-state index contributed by atoms with van der Waals surface area (Å²) >= 11 is 0. The smallest absolute Gasteiger partial charge is 0.251 e. The van der Waals surface area contributed by atoms with Crippen molar-refractivity contribution in [1.82, 2.24) is 20.2 Å². The van der Waals surface area contributed by atoms with Gasteiger partial charge in [-0.25, -0.2) is 9.97 Å². The van der Waals surface area contributed by atoms with Crippen molar-refractivity contribution in [3.63, 3.8) is 0 Å². The highest BCUT2D eigenvalue weighted by molar-refractivity contribution is 5.94. The van der Waals surface area contributed by atoms with Crippen LogP contribution < -0.4 is 15.4 Å². The summed E-state index contributed by atoms with van der Waals surface area (Å²) in [5, 5.41) is 16.8. The largest absolute Gasteiger partial charge is 0.485 e. The van der Waals surface area contributed by atoms with E-state index >= 15 is 0 Å². The number of amides is 1. The van der Waals surface area contributed by atoms with Crippen molar-refractivity contribution in [3.8, 4) is 5.75 Å². The summed E-state index contributed by atoms with van der Waals surface area (Å²) < 4.78 is 11.2. The van der Waals surface area contributed by atoms with Gasteiger partial charge in [-0.05, 0) is 67.5 Å². The first-order valence-corrected chi connectivity index (χ1v) is 12.6. The number of carbonyl (C=O) groups excluding carboxylic acids is 1. The number of rotatable bonds is 10. The summed E-state index contributed by atoms with van der Waals surface area (Å²) in [5.74, 6) is 2.06. The maximum absolute atomic E-state index is 12.6. The van der Waals surface area contributed by atoms with Crippen LogP contribution in [0.4, 0.5) is 5.82 Å². The number of hydrogen-bond donors (Lipinski definition) is 3. The SMILES string of the molecule is Cc1c(OCc2cnco2)ccc2c1CCN(C[C@@H](O)CNC(=O)c1ccnc(NC3CCC3)c1)C2. The lowest BCUT2D eigenvalue weighted by Crippen LogP contribution is -2.42. The molecule has 0 bridgehead atoms. The minimum atomic E-state index is -0.657. The van der Waals surface area contributed by atoms with Crippen molar-refractivity contribution in [2.24, 2.45) is 0 Å². The standard InChI is InChI=1S/C27H33N5O4/c1-18-24-8-10-32(14-20(24)5-6-25(18)35-16-23-13-28-17-36-23)15-22(33)12-30-27(34)19-7-9-29-26(11-19)31-21-3-2-4-21/h5-7,9,11,13,17,21-22,33H,2-4,8,10,12,14-16H2,1H3,(H,29,31)(H,30,34)/t22-/m0/s1. The van der Waals surface area contributed by atoms with Crippen LogP contribution in [-0.4, -0.2) is 57.7 Å². The molecule has 36 heavy (non-hydrogen) atoms. The Bertz CT molecular complexity index is 1180. The van der Waals surface area contributed by atoms with E-state index in [4.69, 9.17) is 9.15 Å². The molecule has 1 fully saturated rings. The van der Waals surface area contributed by atoms with Crippen LogP contribution >= 0.6 is 0 Å². The van der Waals surface area contributed by atoms with E-state index in [0.717, 1.165) is 49.5 Å². The summed E-state index contributed by atoms with van der Waals surface area (Å²) in [6.45, 7) is 4.72. The molecule has 1 aliphatic heterocycles. The van der Waals surface area contributed by atoms with Crippen molar-refractivity contribution in [2.75, 3.05) is 25.0 Å². The van der Waals surface area contributed by atoms with Gasteiger partial charge in [0.1, 0.15) is 18.2 Å². The predicted octanol–water partition coefficient (Wildman–Crippen LogP) is 3.07. The number of aliphatic hydroxyl groups is 1. The molecule has 0 radical (unpaired) electrons. The van der Waals surface area contributed by atoms with Crippen molar-refractivity contribution in [2.45, 2.75) is 57.9 Å². The van der Waals surface area contributed by atoms with E-state index in [9.17, 15) is 9.90 Å². The lowest BCUT2D eigenvalue weighted by Gasteiger charge is -2.31. The average Bonchev–Trinajstić information content (AvgIpc) is 3.38. The molecule has 1 aromatic carbocycles. The Hall–Kier alpha value is -3.43. The van der Waals surface area contributed by atoms with Crippen LogP contribution in [0.15, 0.2) is 47.5 Å². The van der Waals surface area contributed by atoms with Gasteiger partial charge in [0.2, 0.25) is 0 Å². The fourth-order valence-corrected chi connectivity index (χ4v) is 4.74. The Labute approximate surface area is 210 Å². The van der Waals surface area contributed by atoms with E-state index in [1.807, 2.05) is 6.07 Å². The molecule has 3 heterocycles. The second kappa shape index (κ2) is 11.1. The number of ether oxygens (including phenoxy) is 1. The molecule has 9 nitrogen and oxygen atoms in total. The number of oxazole rings is 1. The van der Waals surface area contributed by atoms with E-state index in [-0.39, 0.29) is 12.5 Å². The number of pyridine rings is 1. The number of fused-ring (bicyclic) bond motifs is 1. The quantitative estimate of drug-likeness (QED) is 0.397. The van der Waals surface area contributed by atoms with Crippen LogP contribution in [-0.2, 0) is 19.6 Å². The Morgan fingerprint density at radius 1 is 1.33 bits per heavy atom. The number of aromatic nitrogens is 2. The molecule has 0 unspecified atom stereocenters. The molecule has 3 N–H and O–H groups in total. The molecule has 3 aromatic rings. The Kier molecular flexibility index (Phi) is 7.48. The monoisotopic (exact) mass is 491 g/mol. The highest BCUT2D eigenvalue weighted by Gasteiger charge is 2.22. The van der Waals surface area contributed by atoms with E-state index in [1.54, 1.807) is 24.5 Å². The molecular formula is C27H33N5O4. The van der Waals surface area contributed by atoms with Gasteiger partial charge in [0, 0.05) is 44.0 Å². The molecule has 1 saturated carbocycles. The third kappa shape index (κ3) is 5.85. The molecule has 1 amide bonds. The first kappa shape index (κ1) is 24.3. The number of hydrogen-bond acceptors (Lipinski definition) is 8. The molecule has 1 atom stereocenters. The van der Waals surface area contributed by atoms with Gasteiger partial charge in [-0.15, -0.1) is 0 Å². The lowest BCUT2D eigenvalue weighted by molar-refractivity contribution is 0.0841. The predicted molar refractivity (Wildman–Crippen MR) is 135 cm³/mol. The van der Waals surface area contributed by atoms with Crippen LogP contribution in [0.1, 0.15) is 52.1 Å². The highest BCUT2D eigenvalue weighted by Crippen LogP contribution is 2.30. The fraction of sp³-hybridized carbons (Fsp3) is 0.444. The van der Waals surface area contributed by atoms with Gasteiger partial charge in [-0.1, -0.05) is 6.07 Å². The lowest BCUT2D eigenvalue weighted by atomic mass is 9.93. The second-order valence-electron chi connectivity index (χ2n) is 9.63. The summed E-state index contributed by atoms with van der Waals surface area (Å²) in [4.78, 5) is 23.1. The number of nitrogens with zero attached hydrogens (tertiary/aromatic N) is 3.